The van der Waals surface area contributed by atoms with Gasteiger partial charge in [-0.15, -0.1) is 14.8 Å². The molecule has 1 aromatic carbocycles. The van der Waals surface area contributed by atoms with Crippen LogP contribution in [0.2, 0.25) is 0 Å². The molecule has 8 heteroatoms. The van der Waals surface area contributed by atoms with Gasteiger partial charge < -0.3 is 14.5 Å². The largest absolute Gasteiger partial charge is 0.492 e. The van der Waals surface area contributed by atoms with Gasteiger partial charge in [-0.05, 0) is 68.0 Å². The Morgan fingerprint density at radius 1 is 1.18 bits per heavy atom. The van der Waals surface area contributed by atoms with Gasteiger partial charge in [0, 0.05) is 16.5 Å². The van der Waals surface area contributed by atoms with Crippen molar-refractivity contribution >= 4 is 16.6 Å². The van der Waals surface area contributed by atoms with Crippen LogP contribution in [0.4, 0.5) is 0 Å². The van der Waals surface area contributed by atoms with Gasteiger partial charge in [0.15, 0.2) is 5.75 Å². The lowest BCUT2D eigenvalue weighted by Crippen LogP contribution is -2.51. The van der Waals surface area contributed by atoms with Gasteiger partial charge in [0.25, 0.3) is 0 Å². The zero-order valence-electron chi connectivity index (χ0n) is 20.3. The molecule has 0 radical (unpaired) electrons. The summed E-state index contributed by atoms with van der Waals surface area (Å²) in [5.41, 5.74) is 7.36. The minimum Gasteiger partial charge on any atom is -0.492 e. The third-order valence-electron chi connectivity index (χ3n) is 7.64. The van der Waals surface area contributed by atoms with Gasteiger partial charge in [0.1, 0.15) is 12.0 Å². The van der Waals surface area contributed by atoms with Crippen LogP contribution < -0.4 is 4.74 Å². The maximum absolute atomic E-state index is 5.70. The van der Waals surface area contributed by atoms with Crippen molar-refractivity contribution < 1.29 is 9.47 Å². The van der Waals surface area contributed by atoms with Crippen LogP contribution in [0, 0.1) is 6.92 Å². The Morgan fingerprint density at radius 3 is 2.65 bits per heavy atom. The normalized spacial score (nSPS) is 18.3. The van der Waals surface area contributed by atoms with Crippen molar-refractivity contribution in [2.75, 3.05) is 33.4 Å². The predicted molar refractivity (Wildman–Crippen MR) is 132 cm³/mol. The number of methoxy groups -OCH3 is 1. The number of likely N-dealkylation sites (tertiary alicyclic amines) is 1. The molecule has 0 aliphatic carbocycles. The van der Waals surface area contributed by atoms with Crippen LogP contribution in [0.15, 0.2) is 24.5 Å². The number of nitrogens with zero attached hydrogens (tertiary/aromatic N) is 5. The number of hydrogen-bond acceptors (Lipinski definition) is 6. The van der Waals surface area contributed by atoms with Gasteiger partial charge in [0.2, 0.25) is 5.65 Å². The van der Waals surface area contributed by atoms with E-state index >= 15 is 0 Å². The third kappa shape index (κ3) is 3.39. The summed E-state index contributed by atoms with van der Waals surface area (Å²) in [6.07, 6.45) is 3.92. The quantitative estimate of drug-likeness (QED) is 0.479. The second kappa shape index (κ2) is 8.36. The highest BCUT2D eigenvalue weighted by atomic mass is 16.5. The first-order chi connectivity index (χ1) is 16.5. The SMILES string of the molecule is COc1c(C)c(-c2[nH]c3ccc(C4CCN(C5COC5)CC4)cc3c2C(C)C)nn2ncnc12. The molecule has 8 nitrogen and oxygen atoms in total. The summed E-state index contributed by atoms with van der Waals surface area (Å²) < 4.78 is 12.7. The van der Waals surface area contributed by atoms with E-state index in [0.717, 1.165) is 48.8 Å². The Morgan fingerprint density at radius 2 is 1.97 bits per heavy atom. The molecule has 6 rings (SSSR count). The summed E-state index contributed by atoms with van der Waals surface area (Å²) >= 11 is 0. The zero-order chi connectivity index (χ0) is 23.4. The zero-order valence-corrected chi connectivity index (χ0v) is 20.3. The molecule has 2 aliphatic heterocycles. The topological polar surface area (TPSA) is 80.6 Å². The Kier molecular flexibility index (Phi) is 5.30. The monoisotopic (exact) mass is 460 g/mol. The van der Waals surface area contributed by atoms with E-state index in [1.807, 2.05) is 6.92 Å². The lowest BCUT2D eigenvalue weighted by molar-refractivity contribution is -0.0712. The number of nitrogens with one attached hydrogen (secondary N) is 1. The number of fused-ring (bicyclic) bond motifs is 2. The fourth-order valence-electron chi connectivity index (χ4n) is 5.69. The van der Waals surface area contributed by atoms with Gasteiger partial charge in [-0.3, -0.25) is 4.90 Å². The van der Waals surface area contributed by atoms with Gasteiger partial charge in [-0.1, -0.05) is 19.9 Å². The highest BCUT2D eigenvalue weighted by Crippen LogP contribution is 2.40. The molecule has 0 atom stereocenters. The van der Waals surface area contributed by atoms with Crippen molar-refractivity contribution in [1.82, 2.24) is 29.7 Å². The molecule has 5 heterocycles. The van der Waals surface area contributed by atoms with Crippen molar-refractivity contribution in [3.05, 3.63) is 41.2 Å². The van der Waals surface area contributed by atoms with E-state index in [9.17, 15) is 0 Å². The second-order valence-electron chi connectivity index (χ2n) is 9.95. The molecule has 178 valence electrons. The smallest absolute Gasteiger partial charge is 0.218 e. The van der Waals surface area contributed by atoms with E-state index in [1.165, 1.54) is 35.7 Å². The van der Waals surface area contributed by atoms with E-state index in [4.69, 9.17) is 14.6 Å². The Bertz CT molecular complexity index is 1340. The number of benzene rings is 1. The molecule has 2 saturated heterocycles. The van der Waals surface area contributed by atoms with E-state index in [0.29, 0.717) is 29.3 Å². The Labute approximate surface area is 199 Å². The van der Waals surface area contributed by atoms with E-state index in [2.05, 4.69) is 52.0 Å². The number of ether oxygens (including phenoxy) is 2. The molecular weight excluding hydrogens is 428 g/mol. The number of H-pyrrole nitrogens is 1. The molecular formula is C26H32N6O2. The summed E-state index contributed by atoms with van der Waals surface area (Å²) in [5, 5.41) is 10.4. The number of rotatable bonds is 5. The van der Waals surface area contributed by atoms with Crippen LogP contribution in [-0.4, -0.2) is 69.2 Å². The van der Waals surface area contributed by atoms with E-state index in [1.54, 1.807) is 11.7 Å². The van der Waals surface area contributed by atoms with Crippen molar-refractivity contribution in [3.63, 3.8) is 0 Å². The fraction of sp³-hybridized carbons (Fsp3) is 0.500. The van der Waals surface area contributed by atoms with E-state index in [-0.39, 0.29) is 0 Å². The van der Waals surface area contributed by atoms with Crippen LogP contribution in [0.25, 0.3) is 27.9 Å². The molecule has 2 aliphatic rings. The summed E-state index contributed by atoms with van der Waals surface area (Å²) in [6.45, 7) is 10.7. The molecule has 0 amide bonds. The molecule has 2 fully saturated rings. The predicted octanol–water partition coefficient (Wildman–Crippen LogP) is 4.29. The van der Waals surface area contributed by atoms with E-state index < -0.39 is 0 Å². The van der Waals surface area contributed by atoms with Gasteiger partial charge in [-0.25, -0.2) is 4.98 Å². The molecule has 34 heavy (non-hydrogen) atoms. The molecule has 4 aromatic rings. The molecule has 1 N–H and O–H groups in total. The second-order valence-corrected chi connectivity index (χ2v) is 9.95. The molecule has 0 spiro atoms. The number of aromatic nitrogens is 5. The summed E-state index contributed by atoms with van der Waals surface area (Å²) in [6, 6.07) is 7.60. The summed E-state index contributed by atoms with van der Waals surface area (Å²) in [5.74, 6) is 1.64. The first-order valence-electron chi connectivity index (χ1n) is 12.3. The number of piperidine rings is 1. The lowest BCUT2D eigenvalue weighted by Gasteiger charge is -2.41. The molecule has 3 aromatic heterocycles. The first kappa shape index (κ1) is 21.6. The van der Waals surface area contributed by atoms with Crippen molar-refractivity contribution in [3.8, 4) is 17.1 Å². The van der Waals surface area contributed by atoms with Crippen molar-refractivity contribution in [2.24, 2.45) is 0 Å². The van der Waals surface area contributed by atoms with Crippen LogP contribution in [-0.2, 0) is 4.74 Å². The maximum atomic E-state index is 5.70. The fourth-order valence-corrected chi connectivity index (χ4v) is 5.69. The van der Waals surface area contributed by atoms with Gasteiger partial charge in [0.05, 0.1) is 32.1 Å². The maximum Gasteiger partial charge on any atom is 0.218 e. The van der Waals surface area contributed by atoms with Crippen molar-refractivity contribution in [1.29, 1.82) is 0 Å². The lowest BCUT2D eigenvalue weighted by atomic mass is 9.87. The standard InChI is InChI=1S/C26H32N6O2/c1-15(2)22-20-11-18(17-7-9-31(10-8-17)19-12-34-13-19)5-6-21(20)29-24(22)23-16(3)25(33-4)26-27-14-28-32(26)30-23/h5-6,11,14-15,17,19,29H,7-10,12-13H2,1-4H3. The van der Waals surface area contributed by atoms with Crippen LogP contribution >= 0.6 is 0 Å². The van der Waals surface area contributed by atoms with Crippen LogP contribution in [0.5, 0.6) is 5.75 Å². The minimum atomic E-state index is 0.332. The minimum absolute atomic E-state index is 0.332. The Balaban J connectivity index is 1.41. The van der Waals surface area contributed by atoms with Gasteiger partial charge >= 0.3 is 0 Å². The van der Waals surface area contributed by atoms with Gasteiger partial charge in [-0.2, -0.15) is 0 Å². The highest BCUT2D eigenvalue weighted by Gasteiger charge is 2.30. The summed E-state index contributed by atoms with van der Waals surface area (Å²) in [7, 11) is 1.67. The average Bonchev–Trinajstić information content (AvgIpc) is 3.42. The number of aromatic amines is 1. The first-order valence-corrected chi connectivity index (χ1v) is 12.3. The number of hydrogen-bond donors (Lipinski definition) is 1. The average molecular weight is 461 g/mol. The molecule has 0 unspecified atom stereocenters. The van der Waals surface area contributed by atoms with Crippen molar-refractivity contribution in [2.45, 2.75) is 51.5 Å². The third-order valence-corrected chi connectivity index (χ3v) is 7.64. The highest BCUT2D eigenvalue weighted by molar-refractivity contribution is 5.92. The van der Waals surface area contributed by atoms with Crippen LogP contribution in [0.3, 0.4) is 0 Å². The van der Waals surface area contributed by atoms with Crippen LogP contribution in [0.1, 0.15) is 55.2 Å². The summed E-state index contributed by atoms with van der Waals surface area (Å²) in [4.78, 5) is 10.6. The molecule has 0 bridgehead atoms. The Hall–Kier alpha value is -2.97. The molecule has 0 saturated carbocycles.